The molecule has 0 unspecified atom stereocenters. The third-order valence-electron chi connectivity index (χ3n) is 7.42. The van der Waals surface area contributed by atoms with E-state index in [-0.39, 0.29) is 36.4 Å². The SMILES string of the molecule is CC(=O)N1CCC(N(C(=O)COc2ccccc2C(=O)N2CCc3ccccc3C2)C2CC2)CC1. The van der Waals surface area contributed by atoms with E-state index >= 15 is 0 Å². The van der Waals surface area contributed by atoms with E-state index in [1.165, 1.54) is 11.1 Å². The number of para-hydroxylation sites is 1. The Morgan fingerprint density at radius 2 is 1.51 bits per heavy atom. The van der Waals surface area contributed by atoms with E-state index in [0.29, 0.717) is 37.5 Å². The molecule has 0 atom stereocenters. The number of amides is 3. The number of ether oxygens (including phenoxy) is 1. The summed E-state index contributed by atoms with van der Waals surface area (Å²) in [5.74, 6) is 0.433. The van der Waals surface area contributed by atoms with Gasteiger partial charge >= 0.3 is 0 Å². The van der Waals surface area contributed by atoms with Crippen LogP contribution in [0.25, 0.3) is 0 Å². The second-order valence-corrected chi connectivity index (χ2v) is 9.80. The molecule has 0 radical (unpaired) electrons. The first-order chi connectivity index (χ1) is 17.0. The van der Waals surface area contributed by atoms with Gasteiger partial charge in [-0.3, -0.25) is 14.4 Å². The van der Waals surface area contributed by atoms with Crippen LogP contribution < -0.4 is 4.74 Å². The average molecular weight is 476 g/mol. The van der Waals surface area contributed by atoms with Crippen LogP contribution in [0, 0.1) is 0 Å². The van der Waals surface area contributed by atoms with Crippen LogP contribution in [-0.2, 0) is 22.6 Å². The molecule has 2 aliphatic heterocycles. The second-order valence-electron chi connectivity index (χ2n) is 9.80. The Hall–Kier alpha value is -3.35. The monoisotopic (exact) mass is 475 g/mol. The summed E-state index contributed by atoms with van der Waals surface area (Å²) < 4.78 is 5.99. The summed E-state index contributed by atoms with van der Waals surface area (Å²) in [7, 11) is 0. The van der Waals surface area contributed by atoms with Crippen molar-refractivity contribution in [1.82, 2.24) is 14.7 Å². The first-order valence-electron chi connectivity index (χ1n) is 12.7. The Balaban J connectivity index is 1.24. The summed E-state index contributed by atoms with van der Waals surface area (Å²) in [6.07, 6.45) is 4.47. The molecule has 1 saturated heterocycles. The Labute approximate surface area is 206 Å². The normalized spacial score (nSPS) is 18.1. The van der Waals surface area contributed by atoms with E-state index in [0.717, 1.165) is 32.1 Å². The number of rotatable bonds is 6. The van der Waals surface area contributed by atoms with Crippen LogP contribution in [0.5, 0.6) is 5.75 Å². The Morgan fingerprint density at radius 3 is 2.23 bits per heavy atom. The zero-order chi connectivity index (χ0) is 24.4. The van der Waals surface area contributed by atoms with Crippen molar-refractivity contribution in [3.63, 3.8) is 0 Å². The summed E-state index contributed by atoms with van der Waals surface area (Å²) in [5.41, 5.74) is 2.96. The van der Waals surface area contributed by atoms with Crippen molar-refractivity contribution >= 4 is 17.7 Å². The number of benzene rings is 2. The third-order valence-corrected chi connectivity index (χ3v) is 7.42. The molecule has 5 rings (SSSR count). The third kappa shape index (κ3) is 5.19. The summed E-state index contributed by atoms with van der Waals surface area (Å²) in [4.78, 5) is 44.0. The zero-order valence-corrected chi connectivity index (χ0v) is 20.3. The molecule has 7 heteroatoms. The van der Waals surface area contributed by atoms with E-state index < -0.39 is 0 Å². The molecule has 7 nitrogen and oxygen atoms in total. The van der Waals surface area contributed by atoms with Gasteiger partial charge in [0.1, 0.15) is 5.75 Å². The van der Waals surface area contributed by atoms with E-state index in [1.807, 2.05) is 39.0 Å². The lowest BCUT2D eigenvalue weighted by atomic mass is 9.99. The van der Waals surface area contributed by atoms with E-state index in [4.69, 9.17) is 4.74 Å². The van der Waals surface area contributed by atoms with Gasteiger partial charge in [0.15, 0.2) is 6.61 Å². The number of carbonyl (C=O) groups excluding carboxylic acids is 3. The molecule has 35 heavy (non-hydrogen) atoms. The predicted molar refractivity (Wildman–Crippen MR) is 132 cm³/mol. The Morgan fingerprint density at radius 1 is 0.857 bits per heavy atom. The highest BCUT2D eigenvalue weighted by Gasteiger charge is 2.39. The zero-order valence-electron chi connectivity index (χ0n) is 20.3. The van der Waals surface area contributed by atoms with Crippen LogP contribution >= 0.6 is 0 Å². The smallest absolute Gasteiger partial charge is 0.261 e. The highest BCUT2D eigenvalue weighted by Crippen LogP contribution is 2.32. The van der Waals surface area contributed by atoms with E-state index in [9.17, 15) is 14.4 Å². The molecule has 2 heterocycles. The molecule has 184 valence electrons. The lowest BCUT2D eigenvalue weighted by molar-refractivity contribution is -0.138. The molecule has 2 aromatic carbocycles. The maximum Gasteiger partial charge on any atom is 0.261 e. The lowest BCUT2D eigenvalue weighted by Crippen LogP contribution is -2.50. The fraction of sp³-hybridized carbons (Fsp3) is 0.464. The van der Waals surface area contributed by atoms with Gasteiger partial charge in [-0.05, 0) is 55.4 Å². The minimum atomic E-state index is -0.0868. The highest BCUT2D eigenvalue weighted by atomic mass is 16.5. The fourth-order valence-corrected chi connectivity index (χ4v) is 5.34. The quantitative estimate of drug-likeness (QED) is 0.643. The number of likely N-dealkylation sites (tertiary alicyclic amines) is 1. The molecule has 0 bridgehead atoms. The van der Waals surface area contributed by atoms with Crippen LogP contribution in [0.1, 0.15) is 54.1 Å². The standard InChI is InChI=1S/C28H33N3O4/c1-20(32)29-16-13-24(14-17-29)31(23-10-11-23)27(33)19-35-26-9-5-4-8-25(26)28(34)30-15-12-21-6-2-3-7-22(21)18-30/h2-9,23-24H,10-19H2,1H3. The van der Waals surface area contributed by atoms with Crippen molar-refractivity contribution in [2.75, 3.05) is 26.2 Å². The van der Waals surface area contributed by atoms with Crippen LogP contribution in [-0.4, -0.2) is 70.7 Å². The van der Waals surface area contributed by atoms with Crippen molar-refractivity contribution < 1.29 is 19.1 Å². The average Bonchev–Trinajstić information content (AvgIpc) is 3.72. The van der Waals surface area contributed by atoms with Crippen LogP contribution in [0.3, 0.4) is 0 Å². The minimum absolute atomic E-state index is 0.0390. The van der Waals surface area contributed by atoms with Crippen LogP contribution in [0.2, 0.25) is 0 Å². The first-order valence-corrected chi connectivity index (χ1v) is 12.7. The lowest BCUT2D eigenvalue weighted by Gasteiger charge is -2.38. The first kappa shape index (κ1) is 23.4. The fourth-order valence-electron chi connectivity index (χ4n) is 5.34. The maximum absolute atomic E-state index is 13.4. The Bertz CT molecular complexity index is 1100. The largest absolute Gasteiger partial charge is 0.483 e. The molecule has 1 saturated carbocycles. The molecule has 2 aromatic rings. The van der Waals surface area contributed by atoms with Gasteiger partial charge in [0.25, 0.3) is 11.8 Å². The number of carbonyl (C=O) groups is 3. The van der Waals surface area contributed by atoms with Crippen molar-refractivity contribution in [3.8, 4) is 5.75 Å². The predicted octanol–water partition coefficient (Wildman–Crippen LogP) is 3.27. The molecule has 0 N–H and O–H groups in total. The molecule has 3 aliphatic rings. The van der Waals surface area contributed by atoms with Crippen LogP contribution in [0.15, 0.2) is 48.5 Å². The van der Waals surface area contributed by atoms with Crippen molar-refractivity contribution in [2.45, 2.75) is 57.7 Å². The van der Waals surface area contributed by atoms with Gasteiger partial charge in [-0.15, -0.1) is 0 Å². The van der Waals surface area contributed by atoms with Crippen LogP contribution in [0.4, 0.5) is 0 Å². The van der Waals surface area contributed by atoms with E-state index in [1.54, 1.807) is 19.1 Å². The molecule has 2 fully saturated rings. The number of hydrogen-bond donors (Lipinski definition) is 0. The number of piperidine rings is 1. The van der Waals surface area contributed by atoms with Gasteiger partial charge in [0.2, 0.25) is 5.91 Å². The number of hydrogen-bond acceptors (Lipinski definition) is 4. The number of fused-ring (bicyclic) bond motifs is 1. The molecular formula is C28H33N3O4. The summed E-state index contributed by atoms with van der Waals surface area (Å²) in [5, 5.41) is 0. The van der Waals surface area contributed by atoms with Crippen molar-refractivity contribution in [2.24, 2.45) is 0 Å². The van der Waals surface area contributed by atoms with Crippen molar-refractivity contribution in [3.05, 3.63) is 65.2 Å². The summed E-state index contributed by atoms with van der Waals surface area (Å²) in [6, 6.07) is 15.9. The molecule has 1 aliphatic carbocycles. The topological polar surface area (TPSA) is 70.2 Å². The van der Waals surface area contributed by atoms with Crippen molar-refractivity contribution in [1.29, 1.82) is 0 Å². The number of nitrogens with zero attached hydrogens (tertiary/aromatic N) is 3. The van der Waals surface area contributed by atoms with Gasteiger partial charge in [0.05, 0.1) is 5.56 Å². The second kappa shape index (κ2) is 10.1. The molecule has 0 spiro atoms. The van der Waals surface area contributed by atoms with E-state index in [2.05, 4.69) is 12.1 Å². The molecule has 0 aromatic heterocycles. The van der Waals surface area contributed by atoms with Gasteiger partial charge in [-0.1, -0.05) is 36.4 Å². The minimum Gasteiger partial charge on any atom is -0.483 e. The van der Waals surface area contributed by atoms with Gasteiger partial charge in [-0.2, -0.15) is 0 Å². The maximum atomic E-state index is 13.4. The van der Waals surface area contributed by atoms with Gasteiger partial charge < -0.3 is 19.4 Å². The Kier molecular flexibility index (Phi) is 6.75. The summed E-state index contributed by atoms with van der Waals surface area (Å²) in [6.45, 7) is 4.13. The molecular weight excluding hydrogens is 442 g/mol. The highest BCUT2D eigenvalue weighted by molar-refractivity contribution is 5.97. The molecule has 3 amide bonds. The van der Waals surface area contributed by atoms with Gasteiger partial charge in [-0.25, -0.2) is 0 Å². The summed E-state index contributed by atoms with van der Waals surface area (Å²) >= 11 is 0. The van der Waals surface area contributed by atoms with Gasteiger partial charge in [0, 0.05) is 45.2 Å².